The van der Waals surface area contributed by atoms with Crippen molar-refractivity contribution in [3.05, 3.63) is 93.0 Å². The molecule has 164 valence electrons. The average Bonchev–Trinajstić information content (AvgIpc) is 2.76. The standard InChI is InChI=1S/C24H21Cl2N3O3/c1-15-9-10-18(11-16(15)2)28-23(30)24(31)29-27-13-17-5-3-6-19(12-17)32-14-20-21(25)7-4-8-22(20)26/h3-13H,14H2,1-2H3,(H,28,30)(H,29,31)/b27-13-. The summed E-state index contributed by atoms with van der Waals surface area (Å²) in [5.41, 5.74) is 6.22. The van der Waals surface area contributed by atoms with E-state index in [4.69, 9.17) is 27.9 Å². The van der Waals surface area contributed by atoms with Gasteiger partial charge in [-0.15, -0.1) is 0 Å². The summed E-state index contributed by atoms with van der Waals surface area (Å²) < 4.78 is 5.76. The molecule has 0 saturated heterocycles. The monoisotopic (exact) mass is 469 g/mol. The van der Waals surface area contributed by atoms with Gasteiger partial charge in [0.1, 0.15) is 12.4 Å². The minimum Gasteiger partial charge on any atom is -0.489 e. The number of carbonyl (C=O) groups excluding carboxylic acids is 2. The van der Waals surface area contributed by atoms with Crippen LogP contribution in [0.3, 0.4) is 0 Å². The van der Waals surface area contributed by atoms with E-state index in [0.717, 1.165) is 11.1 Å². The molecule has 0 aromatic heterocycles. The van der Waals surface area contributed by atoms with Gasteiger partial charge in [0.25, 0.3) is 0 Å². The normalized spacial score (nSPS) is 10.8. The molecule has 0 unspecified atom stereocenters. The zero-order valence-corrected chi connectivity index (χ0v) is 19.0. The first-order chi connectivity index (χ1) is 15.3. The van der Waals surface area contributed by atoms with Gasteiger partial charge in [-0.3, -0.25) is 9.59 Å². The number of hydrogen-bond donors (Lipinski definition) is 2. The predicted octanol–water partition coefficient (Wildman–Crippen LogP) is 5.28. The summed E-state index contributed by atoms with van der Waals surface area (Å²) in [7, 11) is 0. The highest BCUT2D eigenvalue weighted by Gasteiger charge is 2.13. The summed E-state index contributed by atoms with van der Waals surface area (Å²) in [4.78, 5) is 24.0. The van der Waals surface area contributed by atoms with Gasteiger partial charge in [-0.1, -0.05) is 47.5 Å². The van der Waals surface area contributed by atoms with Crippen molar-refractivity contribution in [1.29, 1.82) is 0 Å². The van der Waals surface area contributed by atoms with Gasteiger partial charge in [0.2, 0.25) is 0 Å². The van der Waals surface area contributed by atoms with Gasteiger partial charge in [-0.05, 0) is 66.9 Å². The van der Waals surface area contributed by atoms with E-state index in [2.05, 4.69) is 15.8 Å². The zero-order valence-electron chi connectivity index (χ0n) is 17.5. The van der Waals surface area contributed by atoms with Crippen LogP contribution >= 0.6 is 23.2 Å². The fraction of sp³-hybridized carbons (Fsp3) is 0.125. The van der Waals surface area contributed by atoms with Crippen LogP contribution in [-0.4, -0.2) is 18.0 Å². The van der Waals surface area contributed by atoms with Crippen LogP contribution in [0, 0.1) is 13.8 Å². The van der Waals surface area contributed by atoms with Crippen molar-refractivity contribution in [3.63, 3.8) is 0 Å². The molecule has 0 aliphatic rings. The van der Waals surface area contributed by atoms with Crippen molar-refractivity contribution in [2.24, 2.45) is 5.10 Å². The van der Waals surface area contributed by atoms with E-state index in [0.29, 0.717) is 32.6 Å². The van der Waals surface area contributed by atoms with Gasteiger partial charge >= 0.3 is 11.8 Å². The number of hydrogen-bond acceptors (Lipinski definition) is 4. The van der Waals surface area contributed by atoms with Crippen LogP contribution in [-0.2, 0) is 16.2 Å². The van der Waals surface area contributed by atoms with Gasteiger partial charge in [0.05, 0.1) is 6.21 Å². The van der Waals surface area contributed by atoms with Gasteiger partial charge in [0, 0.05) is 21.3 Å². The largest absolute Gasteiger partial charge is 0.489 e. The molecule has 8 heteroatoms. The van der Waals surface area contributed by atoms with Gasteiger partial charge in [-0.25, -0.2) is 5.43 Å². The number of anilines is 1. The Balaban J connectivity index is 1.55. The van der Waals surface area contributed by atoms with Crippen LogP contribution in [0.4, 0.5) is 5.69 Å². The Labute approximate surface area is 196 Å². The van der Waals surface area contributed by atoms with Crippen LogP contribution in [0.1, 0.15) is 22.3 Å². The molecule has 0 saturated carbocycles. The minimum absolute atomic E-state index is 0.203. The molecule has 0 aliphatic heterocycles. The first-order valence-corrected chi connectivity index (χ1v) is 10.5. The van der Waals surface area contributed by atoms with E-state index < -0.39 is 11.8 Å². The summed E-state index contributed by atoms with van der Waals surface area (Å²) >= 11 is 12.3. The molecule has 2 N–H and O–H groups in total. The smallest absolute Gasteiger partial charge is 0.329 e. The number of carbonyl (C=O) groups is 2. The maximum absolute atomic E-state index is 12.0. The van der Waals surface area contributed by atoms with Gasteiger partial charge in [-0.2, -0.15) is 5.10 Å². The molecule has 3 rings (SSSR count). The number of nitrogens with zero attached hydrogens (tertiary/aromatic N) is 1. The van der Waals surface area contributed by atoms with Gasteiger partial charge < -0.3 is 10.1 Å². The quantitative estimate of drug-likeness (QED) is 0.292. The van der Waals surface area contributed by atoms with E-state index in [1.54, 1.807) is 54.6 Å². The molecule has 0 atom stereocenters. The Morgan fingerprint density at radius 2 is 1.66 bits per heavy atom. The zero-order chi connectivity index (χ0) is 23.1. The van der Waals surface area contributed by atoms with Crippen molar-refractivity contribution in [2.75, 3.05) is 5.32 Å². The number of rotatable bonds is 6. The lowest BCUT2D eigenvalue weighted by molar-refractivity contribution is -0.136. The second-order valence-corrected chi connectivity index (χ2v) is 7.83. The second kappa shape index (κ2) is 10.8. The SMILES string of the molecule is Cc1ccc(NC(=O)C(=O)N/N=C\c2cccc(OCc3c(Cl)cccc3Cl)c2)cc1C. The molecule has 32 heavy (non-hydrogen) atoms. The first-order valence-electron chi connectivity index (χ1n) is 9.71. The molecule has 3 aromatic rings. The molecule has 3 aromatic carbocycles. The third-order valence-corrected chi connectivity index (χ3v) is 5.36. The fourth-order valence-corrected chi connectivity index (χ4v) is 3.24. The molecule has 2 amide bonds. The Morgan fingerprint density at radius 1 is 0.938 bits per heavy atom. The lowest BCUT2D eigenvalue weighted by Gasteiger charge is -2.10. The molecular formula is C24H21Cl2N3O3. The highest BCUT2D eigenvalue weighted by atomic mass is 35.5. The number of ether oxygens (including phenoxy) is 1. The van der Waals surface area contributed by atoms with Crippen molar-refractivity contribution in [2.45, 2.75) is 20.5 Å². The number of benzene rings is 3. The van der Waals surface area contributed by atoms with Crippen LogP contribution in [0.2, 0.25) is 10.0 Å². The van der Waals surface area contributed by atoms with E-state index in [1.807, 2.05) is 19.9 Å². The van der Waals surface area contributed by atoms with Crippen LogP contribution in [0.15, 0.2) is 65.8 Å². The van der Waals surface area contributed by atoms with Crippen LogP contribution in [0.5, 0.6) is 5.75 Å². The Hall–Kier alpha value is -3.35. The number of halogens is 2. The summed E-state index contributed by atoms with van der Waals surface area (Å²) in [6.45, 7) is 4.10. The number of amides is 2. The summed E-state index contributed by atoms with van der Waals surface area (Å²) in [5.74, 6) is -1.11. The third-order valence-electron chi connectivity index (χ3n) is 4.65. The molecule has 0 fully saturated rings. The van der Waals surface area contributed by atoms with Gasteiger partial charge in [0.15, 0.2) is 0 Å². The average molecular weight is 470 g/mol. The predicted molar refractivity (Wildman–Crippen MR) is 128 cm³/mol. The molecule has 0 radical (unpaired) electrons. The minimum atomic E-state index is -0.875. The van der Waals surface area contributed by atoms with Crippen LogP contribution in [0.25, 0.3) is 0 Å². The highest BCUT2D eigenvalue weighted by Crippen LogP contribution is 2.26. The van der Waals surface area contributed by atoms with Crippen molar-refractivity contribution < 1.29 is 14.3 Å². The van der Waals surface area contributed by atoms with E-state index in [1.165, 1.54) is 6.21 Å². The first kappa shape index (κ1) is 23.3. The third kappa shape index (κ3) is 6.33. The molecule has 0 aliphatic carbocycles. The molecule has 0 heterocycles. The highest BCUT2D eigenvalue weighted by molar-refractivity contribution is 6.39. The fourth-order valence-electron chi connectivity index (χ4n) is 2.73. The summed E-state index contributed by atoms with van der Waals surface area (Å²) in [6.07, 6.45) is 1.41. The Morgan fingerprint density at radius 3 is 2.38 bits per heavy atom. The molecular weight excluding hydrogens is 449 g/mol. The van der Waals surface area contributed by atoms with Crippen LogP contribution < -0.4 is 15.5 Å². The molecule has 6 nitrogen and oxygen atoms in total. The van der Waals surface area contributed by atoms with Crippen molar-refractivity contribution in [1.82, 2.24) is 5.43 Å². The van der Waals surface area contributed by atoms with E-state index >= 15 is 0 Å². The number of hydrazone groups is 1. The maximum Gasteiger partial charge on any atom is 0.329 e. The summed E-state index contributed by atoms with van der Waals surface area (Å²) in [6, 6.07) is 17.7. The Kier molecular flexibility index (Phi) is 7.87. The molecule has 0 spiro atoms. The number of aryl methyl sites for hydroxylation is 2. The Bertz CT molecular complexity index is 1160. The maximum atomic E-state index is 12.0. The van der Waals surface area contributed by atoms with Crippen molar-refractivity contribution >= 4 is 46.9 Å². The molecule has 0 bridgehead atoms. The lowest BCUT2D eigenvalue weighted by Crippen LogP contribution is -2.32. The van der Waals surface area contributed by atoms with E-state index in [9.17, 15) is 9.59 Å². The topological polar surface area (TPSA) is 79.8 Å². The lowest BCUT2D eigenvalue weighted by atomic mass is 10.1. The summed E-state index contributed by atoms with van der Waals surface area (Å²) in [5, 5.41) is 7.43. The van der Waals surface area contributed by atoms with Crippen molar-refractivity contribution in [3.8, 4) is 5.75 Å². The van der Waals surface area contributed by atoms with E-state index in [-0.39, 0.29) is 6.61 Å². The second-order valence-electron chi connectivity index (χ2n) is 7.01. The number of nitrogens with one attached hydrogen (secondary N) is 2.